The van der Waals surface area contributed by atoms with Crippen LogP contribution in [0.2, 0.25) is 0 Å². The predicted molar refractivity (Wildman–Crippen MR) is 46.6 cm³/mol. The van der Waals surface area contributed by atoms with E-state index < -0.39 is 0 Å². The van der Waals surface area contributed by atoms with Crippen LogP contribution < -0.4 is 0 Å². The molecule has 3 nitrogen and oxygen atoms in total. The summed E-state index contributed by atoms with van der Waals surface area (Å²) in [5, 5.41) is 23.2. The van der Waals surface area contributed by atoms with Crippen LogP contribution in [0.4, 0.5) is 0 Å². The van der Waals surface area contributed by atoms with Crippen LogP contribution in [0, 0.1) is 10.8 Å². The molecule has 3 heteroatoms. The van der Waals surface area contributed by atoms with E-state index in [2.05, 4.69) is 0 Å². The van der Waals surface area contributed by atoms with Crippen LogP contribution in [0.25, 0.3) is 0 Å². The summed E-state index contributed by atoms with van der Waals surface area (Å²) in [5.74, 6) is 0. The highest BCUT2D eigenvalue weighted by molar-refractivity contribution is 6.04. The Kier molecular flexibility index (Phi) is 4.38. The molecule has 0 aliphatic heterocycles. The largest absolute Gasteiger partial charge is 0.392 e. The second kappa shape index (κ2) is 4.79. The fraction of sp³-hybridized carbons (Fsp3) is 0.500. The van der Waals surface area contributed by atoms with E-state index in [0.29, 0.717) is 23.4 Å². The summed E-state index contributed by atoms with van der Waals surface area (Å²) < 4.78 is 0. The van der Waals surface area contributed by atoms with Crippen LogP contribution in [-0.4, -0.2) is 23.1 Å². The lowest BCUT2D eigenvalue weighted by Crippen LogP contribution is -2.05. The fourth-order valence-corrected chi connectivity index (χ4v) is 0.717. The van der Waals surface area contributed by atoms with Crippen molar-refractivity contribution in [2.24, 2.45) is 0 Å². The van der Waals surface area contributed by atoms with Crippen LogP contribution in [-0.2, 0) is 0 Å². The Bertz CT molecular complexity index is 194. The minimum absolute atomic E-state index is 0.150. The van der Waals surface area contributed by atoms with Crippen LogP contribution in [0.5, 0.6) is 0 Å². The maximum Gasteiger partial charge on any atom is 0.0700 e. The number of hydrogen-bond donors (Lipinski definition) is 3. The van der Waals surface area contributed by atoms with Gasteiger partial charge in [-0.2, -0.15) is 0 Å². The highest BCUT2D eigenvalue weighted by Crippen LogP contribution is 1.99. The van der Waals surface area contributed by atoms with Gasteiger partial charge in [0.2, 0.25) is 0 Å². The van der Waals surface area contributed by atoms with E-state index >= 15 is 0 Å². The molecule has 0 aromatic heterocycles. The van der Waals surface area contributed by atoms with Crippen molar-refractivity contribution in [1.82, 2.24) is 0 Å². The highest BCUT2D eigenvalue weighted by Gasteiger charge is 2.00. The standard InChI is InChI=1S/C8H14N2O/c1-3-8(10)7(5-11)4-6(2)9/h4,9-11H,3,5H2,1-2H3/b7-4-,9-6?,10-8?. The second-order valence-corrected chi connectivity index (χ2v) is 2.34. The van der Waals surface area contributed by atoms with Crippen LogP contribution in [0.3, 0.4) is 0 Å². The lowest BCUT2D eigenvalue weighted by Gasteiger charge is -2.02. The molecule has 11 heavy (non-hydrogen) atoms. The van der Waals surface area contributed by atoms with Gasteiger partial charge in [-0.1, -0.05) is 6.92 Å². The third kappa shape index (κ3) is 3.68. The van der Waals surface area contributed by atoms with Gasteiger partial charge in [0.05, 0.1) is 6.61 Å². The van der Waals surface area contributed by atoms with E-state index in [1.54, 1.807) is 6.92 Å². The zero-order valence-electron chi connectivity index (χ0n) is 6.94. The van der Waals surface area contributed by atoms with Crippen molar-refractivity contribution >= 4 is 11.4 Å². The van der Waals surface area contributed by atoms with Crippen molar-refractivity contribution in [3.8, 4) is 0 Å². The molecule has 0 aromatic carbocycles. The molecule has 0 unspecified atom stereocenters. The molecule has 0 spiro atoms. The quantitative estimate of drug-likeness (QED) is 0.526. The Labute approximate surface area is 66.8 Å². The third-order valence-corrected chi connectivity index (χ3v) is 1.30. The molecule has 0 heterocycles. The molecule has 0 aromatic rings. The lowest BCUT2D eigenvalue weighted by molar-refractivity contribution is 0.337. The zero-order valence-corrected chi connectivity index (χ0v) is 6.94. The molecule has 0 bridgehead atoms. The minimum Gasteiger partial charge on any atom is -0.392 e. The molecule has 3 N–H and O–H groups in total. The van der Waals surface area contributed by atoms with Crippen molar-refractivity contribution in [3.05, 3.63) is 11.6 Å². The summed E-state index contributed by atoms with van der Waals surface area (Å²) >= 11 is 0. The van der Waals surface area contributed by atoms with Crippen molar-refractivity contribution in [2.45, 2.75) is 20.3 Å². The molecule has 0 amide bonds. The number of hydrogen-bond acceptors (Lipinski definition) is 3. The third-order valence-electron chi connectivity index (χ3n) is 1.30. The number of rotatable bonds is 4. The smallest absolute Gasteiger partial charge is 0.0700 e. The Balaban J connectivity index is 4.39. The first kappa shape index (κ1) is 10.0. The van der Waals surface area contributed by atoms with Gasteiger partial charge in [0, 0.05) is 11.4 Å². The van der Waals surface area contributed by atoms with Gasteiger partial charge < -0.3 is 15.9 Å². The summed E-state index contributed by atoms with van der Waals surface area (Å²) in [6.07, 6.45) is 2.12. The number of aliphatic hydroxyl groups is 1. The Morgan fingerprint density at radius 3 is 2.27 bits per heavy atom. The van der Waals surface area contributed by atoms with Gasteiger partial charge in [-0.3, -0.25) is 0 Å². The van der Waals surface area contributed by atoms with E-state index in [9.17, 15) is 0 Å². The molecular weight excluding hydrogens is 140 g/mol. The summed E-state index contributed by atoms with van der Waals surface area (Å²) in [6, 6.07) is 0. The summed E-state index contributed by atoms with van der Waals surface area (Å²) in [6.45, 7) is 3.33. The van der Waals surface area contributed by atoms with Gasteiger partial charge in [0.15, 0.2) is 0 Å². The van der Waals surface area contributed by atoms with E-state index in [0.717, 1.165) is 0 Å². The van der Waals surface area contributed by atoms with E-state index in [1.807, 2.05) is 6.92 Å². The SMILES string of the molecule is CCC(=N)/C(=C\C(C)=N)CO. The maximum absolute atomic E-state index is 8.77. The first-order chi connectivity index (χ1) is 5.11. The van der Waals surface area contributed by atoms with Gasteiger partial charge in [0.25, 0.3) is 0 Å². The van der Waals surface area contributed by atoms with Gasteiger partial charge >= 0.3 is 0 Å². The van der Waals surface area contributed by atoms with Crippen molar-refractivity contribution in [2.75, 3.05) is 6.61 Å². The summed E-state index contributed by atoms with van der Waals surface area (Å²) in [4.78, 5) is 0. The molecule has 0 saturated heterocycles. The van der Waals surface area contributed by atoms with E-state index in [-0.39, 0.29) is 6.61 Å². The van der Waals surface area contributed by atoms with E-state index in [4.69, 9.17) is 15.9 Å². The lowest BCUT2D eigenvalue weighted by atomic mass is 10.1. The Hall–Kier alpha value is -0.960. The maximum atomic E-state index is 8.77. The van der Waals surface area contributed by atoms with Crippen molar-refractivity contribution in [3.63, 3.8) is 0 Å². The van der Waals surface area contributed by atoms with Gasteiger partial charge in [-0.05, 0) is 25.0 Å². The van der Waals surface area contributed by atoms with Crippen LogP contribution >= 0.6 is 0 Å². The normalized spacial score (nSPS) is 11.4. The first-order valence-corrected chi connectivity index (χ1v) is 3.56. The summed E-state index contributed by atoms with van der Waals surface area (Å²) in [5.41, 5.74) is 1.31. The summed E-state index contributed by atoms with van der Waals surface area (Å²) in [7, 11) is 0. The highest BCUT2D eigenvalue weighted by atomic mass is 16.3. The molecule has 0 aliphatic carbocycles. The molecule has 0 saturated carbocycles. The Morgan fingerprint density at radius 2 is 2.00 bits per heavy atom. The molecular formula is C8H14N2O. The number of nitrogens with one attached hydrogen (secondary N) is 2. The molecule has 0 aliphatic rings. The molecule has 62 valence electrons. The monoisotopic (exact) mass is 154 g/mol. The molecule has 0 fully saturated rings. The van der Waals surface area contributed by atoms with Crippen LogP contribution in [0.15, 0.2) is 11.6 Å². The average Bonchev–Trinajstić information content (AvgIpc) is 1.98. The minimum atomic E-state index is -0.150. The first-order valence-electron chi connectivity index (χ1n) is 3.56. The zero-order chi connectivity index (χ0) is 8.85. The van der Waals surface area contributed by atoms with Gasteiger partial charge in [-0.15, -0.1) is 0 Å². The molecule has 0 atom stereocenters. The van der Waals surface area contributed by atoms with Crippen molar-refractivity contribution < 1.29 is 5.11 Å². The Morgan fingerprint density at radius 1 is 1.45 bits per heavy atom. The van der Waals surface area contributed by atoms with Crippen LogP contribution in [0.1, 0.15) is 20.3 Å². The average molecular weight is 154 g/mol. The number of aliphatic hydroxyl groups excluding tert-OH is 1. The van der Waals surface area contributed by atoms with Crippen molar-refractivity contribution in [1.29, 1.82) is 10.8 Å². The topological polar surface area (TPSA) is 67.9 Å². The molecule has 0 radical (unpaired) electrons. The molecule has 0 rings (SSSR count). The second-order valence-electron chi connectivity index (χ2n) is 2.34. The van der Waals surface area contributed by atoms with Gasteiger partial charge in [-0.25, -0.2) is 0 Å². The van der Waals surface area contributed by atoms with E-state index in [1.165, 1.54) is 6.08 Å². The van der Waals surface area contributed by atoms with Gasteiger partial charge in [0.1, 0.15) is 0 Å². The number of allylic oxidation sites excluding steroid dienone is 1. The fourth-order valence-electron chi connectivity index (χ4n) is 0.717. The predicted octanol–water partition coefficient (Wildman–Crippen LogP) is 1.37.